The maximum Gasteiger partial charge on any atom is 0.315 e. The number of nitrogens with one attached hydrogen (secondary N) is 2. The van der Waals surface area contributed by atoms with E-state index in [-0.39, 0.29) is 30.7 Å². The number of anilines is 1. The Morgan fingerprint density at radius 2 is 2.00 bits per heavy atom. The van der Waals surface area contributed by atoms with E-state index in [4.69, 9.17) is 9.47 Å². The molecule has 1 aliphatic heterocycles. The van der Waals surface area contributed by atoms with Crippen molar-refractivity contribution in [3.8, 4) is 0 Å². The molecule has 0 aromatic heterocycles. The second-order valence-electron chi connectivity index (χ2n) is 5.14. The number of urea groups is 1. The first kappa shape index (κ1) is 17.2. The summed E-state index contributed by atoms with van der Waals surface area (Å²) < 4.78 is 22.9. The number of carbonyl (C=O) groups is 2. The molecule has 0 unspecified atom stereocenters. The van der Waals surface area contributed by atoms with Crippen molar-refractivity contribution in [3.63, 3.8) is 0 Å². The number of hydrogen-bond donors (Lipinski definition) is 2. The standard InChI is InChI=1S/C15H20FN3O4/c1-22-14(23-2)8-17-15(21)18-11-7-13(20)19(9-11)12-5-3-10(16)4-6-12/h3-6,11,14H,7-9H2,1-2H3,(H2,17,18,21)/t11-/m0/s1. The molecule has 1 fully saturated rings. The molecule has 3 amide bonds. The highest BCUT2D eigenvalue weighted by atomic mass is 19.1. The molecule has 0 aliphatic carbocycles. The number of hydrogen-bond acceptors (Lipinski definition) is 4. The van der Waals surface area contributed by atoms with Crippen LogP contribution in [-0.2, 0) is 14.3 Å². The van der Waals surface area contributed by atoms with Gasteiger partial charge in [-0.2, -0.15) is 0 Å². The van der Waals surface area contributed by atoms with Crippen LogP contribution in [0, 0.1) is 5.82 Å². The predicted molar refractivity (Wildman–Crippen MR) is 81.5 cm³/mol. The van der Waals surface area contributed by atoms with Gasteiger partial charge in [0.2, 0.25) is 5.91 Å². The lowest BCUT2D eigenvalue weighted by Gasteiger charge is -2.18. The molecule has 0 bridgehead atoms. The summed E-state index contributed by atoms with van der Waals surface area (Å²) in [5.74, 6) is -0.478. The van der Waals surface area contributed by atoms with E-state index in [1.54, 1.807) is 0 Å². The number of benzene rings is 1. The summed E-state index contributed by atoms with van der Waals surface area (Å²) in [6.45, 7) is 0.539. The van der Waals surface area contributed by atoms with Crippen LogP contribution in [0.1, 0.15) is 6.42 Å². The molecule has 1 aromatic rings. The van der Waals surface area contributed by atoms with Crippen molar-refractivity contribution in [1.29, 1.82) is 0 Å². The third-order valence-corrected chi connectivity index (χ3v) is 3.55. The van der Waals surface area contributed by atoms with Gasteiger partial charge in [0, 0.05) is 32.9 Å². The molecule has 1 aliphatic rings. The van der Waals surface area contributed by atoms with Crippen molar-refractivity contribution in [2.24, 2.45) is 0 Å². The summed E-state index contributed by atoms with van der Waals surface area (Å²) in [4.78, 5) is 25.4. The lowest BCUT2D eigenvalue weighted by Crippen LogP contribution is -2.46. The lowest BCUT2D eigenvalue weighted by atomic mass is 10.2. The first-order chi connectivity index (χ1) is 11.0. The average Bonchev–Trinajstić information content (AvgIpc) is 2.89. The van der Waals surface area contributed by atoms with E-state index in [1.165, 1.54) is 43.4 Å². The number of methoxy groups -OCH3 is 2. The fourth-order valence-electron chi connectivity index (χ4n) is 2.35. The summed E-state index contributed by atoms with van der Waals surface area (Å²) in [5, 5.41) is 5.34. The van der Waals surface area contributed by atoms with E-state index in [2.05, 4.69) is 10.6 Å². The van der Waals surface area contributed by atoms with Gasteiger partial charge in [-0.1, -0.05) is 0 Å². The van der Waals surface area contributed by atoms with E-state index in [9.17, 15) is 14.0 Å². The van der Waals surface area contributed by atoms with Gasteiger partial charge in [0.25, 0.3) is 0 Å². The van der Waals surface area contributed by atoms with Crippen LogP contribution in [0.5, 0.6) is 0 Å². The summed E-state index contributed by atoms with van der Waals surface area (Å²) in [5.41, 5.74) is 0.611. The Hall–Kier alpha value is -2.19. The fraction of sp³-hybridized carbons (Fsp3) is 0.467. The Kier molecular flexibility index (Phi) is 5.89. The first-order valence-corrected chi connectivity index (χ1v) is 7.19. The van der Waals surface area contributed by atoms with Gasteiger partial charge < -0.3 is 25.0 Å². The van der Waals surface area contributed by atoms with Gasteiger partial charge in [-0.05, 0) is 24.3 Å². The van der Waals surface area contributed by atoms with Crippen LogP contribution in [0.2, 0.25) is 0 Å². The number of rotatable bonds is 6. The lowest BCUT2D eigenvalue weighted by molar-refractivity contribution is -0.117. The van der Waals surface area contributed by atoms with E-state index in [1.807, 2.05) is 0 Å². The van der Waals surface area contributed by atoms with Gasteiger partial charge in [0.1, 0.15) is 5.82 Å². The van der Waals surface area contributed by atoms with Gasteiger partial charge in [-0.3, -0.25) is 4.79 Å². The molecule has 23 heavy (non-hydrogen) atoms. The fourth-order valence-corrected chi connectivity index (χ4v) is 2.35. The summed E-state index contributed by atoms with van der Waals surface area (Å²) in [6.07, 6.45) is -0.329. The molecule has 8 heteroatoms. The Bertz CT molecular complexity index is 548. The van der Waals surface area contributed by atoms with E-state index in [0.29, 0.717) is 12.2 Å². The van der Waals surface area contributed by atoms with E-state index in [0.717, 1.165) is 0 Å². The molecule has 1 atom stereocenters. The molecule has 0 saturated carbocycles. The van der Waals surface area contributed by atoms with Crippen LogP contribution >= 0.6 is 0 Å². The first-order valence-electron chi connectivity index (χ1n) is 7.19. The van der Waals surface area contributed by atoms with Crippen molar-refractivity contribution < 1.29 is 23.5 Å². The third kappa shape index (κ3) is 4.64. The van der Waals surface area contributed by atoms with Crippen molar-refractivity contribution in [2.75, 3.05) is 32.2 Å². The van der Waals surface area contributed by atoms with Crippen molar-refractivity contribution >= 4 is 17.6 Å². The van der Waals surface area contributed by atoms with Crippen LogP contribution in [0.15, 0.2) is 24.3 Å². The average molecular weight is 325 g/mol. The minimum absolute atomic E-state index is 0.117. The molecule has 1 saturated heterocycles. The molecule has 2 rings (SSSR count). The zero-order valence-electron chi connectivity index (χ0n) is 13.0. The zero-order chi connectivity index (χ0) is 16.8. The maximum absolute atomic E-state index is 12.9. The number of carbonyl (C=O) groups excluding carboxylic acids is 2. The highest BCUT2D eigenvalue weighted by molar-refractivity contribution is 5.96. The highest BCUT2D eigenvalue weighted by Gasteiger charge is 2.31. The van der Waals surface area contributed by atoms with Crippen LogP contribution in [0.25, 0.3) is 0 Å². The summed E-state index contributed by atoms with van der Waals surface area (Å²) >= 11 is 0. The van der Waals surface area contributed by atoms with Gasteiger partial charge >= 0.3 is 6.03 Å². The maximum atomic E-state index is 12.9. The minimum atomic E-state index is -0.526. The second-order valence-corrected chi connectivity index (χ2v) is 5.14. The largest absolute Gasteiger partial charge is 0.354 e. The number of ether oxygens (including phenoxy) is 2. The highest BCUT2D eigenvalue weighted by Crippen LogP contribution is 2.21. The molecular formula is C15H20FN3O4. The van der Waals surface area contributed by atoms with Gasteiger partial charge in [-0.15, -0.1) is 0 Å². The van der Waals surface area contributed by atoms with Gasteiger partial charge in [-0.25, -0.2) is 9.18 Å². The van der Waals surface area contributed by atoms with Crippen LogP contribution in [0.4, 0.5) is 14.9 Å². The normalized spacial score (nSPS) is 17.7. The third-order valence-electron chi connectivity index (χ3n) is 3.55. The predicted octanol–water partition coefficient (Wildman–Crippen LogP) is 0.849. The van der Waals surface area contributed by atoms with Crippen LogP contribution in [-0.4, -0.2) is 51.6 Å². The minimum Gasteiger partial charge on any atom is -0.354 e. The molecule has 2 N–H and O–H groups in total. The second kappa shape index (κ2) is 7.89. The number of halogens is 1. The Labute approximate surface area is 133 Å². The van der Waals surface area contributed by atoms with E-state index >= 15 is 0 Å². The SMILES string of the molecule is COC(CNC(=O)N[C@H]1CC(=O)N(c2ccc(F)cc2)C1)OC. The van der Waals surface area contributed by atoms with Crippen molar-refractivity contribution in [1.82, 2.24) is 10.6 Å². The summed E-state index contributed by atoms with van der Waals surface area (Å²) in [7, 11) is 2.95. The van der Waals surface area contributed by atoms with Crippen LogP contribution in [0.3, 0.4) is 0 Å². The zero-order valence-corrected chi connectivity index (χ0v) is 13.0. The molecule has 7 nitrogen and oxygen atoms in total. The molecule has 1 heterocycles. The Morgan fingerprint density at radius 3 is 2.61 bits per heavy atom. The molecular weight excluding hydrogens is 305 g/mol. The molecule has 1 aromatic carbocycles. The monoisotopic (exact) mass is 325 g/mol. The smallest absolute Gasteiger partial charge is 0.315 e. The summed E-state index contributed by atoms with van der Waals surface area (Å²) in [6, 6.07) is 4.96. The molecule has 126 valence electrons. The van der Waals surface area contributed by atoms with Crippen molar-refractivity contribution in [2.45, 2.75) is 18.8 Å². The Morgan fingerprint density at radius 1 is 1.35 bits per heavy atom. The van der Waals surface area contributed by atoms with Gasteiger partial charge in [0.05, 0.1) is 12.6 Å². The van der Waals surface area contributed by atoms with Crippen molar-refractivity contribution in [3.05, 3.63) is 30.1 Å². The number of amides is 3. The van der Waals surface area contributed by atoms with Crippen LogP contribution < -0.4 is 15.5 Å². The molecule has 0 radical (unpaired) electrons. The number of nitrogens with zero attached hydrogens (tertiary/aromatic N) is 1. The topological polar surface area (TPSA) is 79.9 Å². The molecule has 0 spiro atoms. The van der Waals surface area contributed by atoms with Gasteiger partial charge in [0.15, 0.2) is 6.29 Å². The quantitative estimate of drug-likeness (QED) is 0.760. The Balaban J connectivity index is 1.85. The van der Waals surface area contributed by atoms with E-state index < -0.39 is 12.3 Å².